The Labute approximate surface area is 164 Å². The van der Waals surface area contributed by atoms with Crippen molar-refractivity contribution in [3.63, 3.8) is 0 Å². The quantitative estimate of drug-likeness (QED) is 0.747. The van der Waals surface area contributed by atoms with Crippen LogP contribution < -0.4 is 14.4 Å². The Morgan fingerprint density at radius 1 is 1.33 bits per heavy atom. The molecular formula is C21H21ClN2O3. The molecule has 0 aliphatic carbocycles. The molecule has 1 aliphatic heterocycles. The number of hydrogen-bond donors (Lipinski definition) is 0. The maximum absolute atomic E-state index is 13.2. The second-order valence-corrected chi connectivity index (χ2v) is 6.73. The lowest BCUT2D eigenvalue weighted by molar-refractivity contribution is -0.123. The first-order chi connectivity index (χ1) is 13.1. The third-order valence-electron chi connectivity index (χ3n) is 4.45. The summed E-state index contributed by atoms with van der Waals surface area (Å²) in [6, 6.07) is 14.9. The number of nitriles is 1. The predicted molar refractivity (Wildman–Crippen MR) is 104 cm³/mol. The number of benzene rings is 2. The van der Waals surface area contributed by atoms with Crippen molar-refractivity contribution in [1.82, 2.24) is 0 Å². The molecule has 1 aliphatic rings. The van der Waals surface area contributed by atoms with E-state index in [1.807, 2.05) is 43.3 Å². The van der Waals surface area contributed by atoms with Gasteiger partial charge in [0.05, 0.1) is 25.0 Å². The molecule has 27 heavy (non-hydrogen) atoms. The first-order valence-electron chi connectivity index (χ1n) is 8.94. The van der Waals surface area contributed by atoms with Crippen LogP contribution in [0.3, 0.4) is 0 Å². The van der Waals surface area contributed by atoms with Crippen LogP contribution in [-0.2, 0) is 11.2 Å². The Hall–Kier alpha value is -2.71. The van der Waals surface area contributed by atoms with Crippen LogP contribution in [0.5, 0.6) is 11.5 Å². The Morgan fingerprint density at radius 3 is 2.81 bits per heavy atom. The molecule has 1 atom stereocenters. The van der Waals surface area contributed by atoms with Crippen molar-refractivity contribution in [1.29, 1.82) is 5.26 Å². The summed E-state index contributed by atoms with van der Waals surface area (Å²) < 4.78 is 11.2. The number of amides is 1. The minimum absolute atomic E-state index is 0.0555. The van der Waals surface area contributed by atoms with Crippen LogP contribution in [0.1, 0.15) is 18.9 Å². The van der Waals surface area contributed by atoms with E-state index < -0.39 is 0 Å². The zero-order valence-corrected chi connectivity index (χ0v) is 15.9. The van der Waals surface area contributed by atoms with E-state index in [0.717, 1.165) is 22.7 Å². The van der Waals surface area contributed by atoms with E-state index in [-0.39, 0.29) is 18.2 Å². The van der Waals surface area contributed by atoms with Gasteiger partial charge in [0.15, 0.2) is 0 Å². The highest BCUT2D eigenvalue weighted by Crippen LogP contribution is 2.31. The third kappa shape index (κ3) is 4.53. The molecule has 3 rings (SSSR count). The van der Waals surface area contributed by atoms with Crippen LogP contribution >= 0.6 is 11.6 Å². The van der Waals surface area contributed by atoms with Gasteiger partial charge in [0, 0.05) is 17.3 Å². The lowest BCUT2D eigenvalue weighted by Crippen LogP contribution is -2.41. The van der Waals surface area contributed by atoms with Gasteiger partial charge in [-0.05, 0) is 61.4 Å². The van der Waals surface area contributed by atoms with Crippen LogP contribution in [0.4, 0.5) is 5.69 Å². The van der Waals surface area contributed by atoms with E-state index in [2.05, 4.69) is 6.07 Å². The summed E-state index contributed by atoms with van der Waals surface area (Å²) >= 11 is 6.07. The summed E-state index contributed by atoms with van der Waals surface area (Å²) in [7, 11) is 0. The highest BCUT2D eigenvalue weighted by Gasteiger charge is 2.30. The van der Waals surface area contributed by atoms with Gasteiger partial charge in [0.25, 0.3) is 0 Å². The lowest BCUT2D eigenvalue weighted by Gasteiger charge is -2.30. The number of halogens is 1. The van der Waals surface area contributed by atoms with Crippen LogP contribution in [0.15, 0.2) is 42.5 Å². The molecule has 0 aromatic heterocycles. The molecule has 0 N–H and O–H groups in total. The van der Waals surface area contributed by atoms with E-state index in [1.165, 1.54) is 0 Å². The summed E-state index contributed by atoms with van der Waals surface area (Å²) in [4.78, 5) is 14.8. The first kappa shape index (κ1) is 19.1. The molecular weight excluding hydrogens is 364 g/mol. The average molecular weight is 385 g/mol. The maximum Gasteiger partial charge on any atom is 0.233 e. The first-order valence-corrected chi connectivity index (χ1v) is 9.32. The highest BCUT2D eigenvalue weighted by molar-refractivity contribution is 6.30. The normalized spacial score (nSPS) is 15.2. The smallest absolute Gasteiger partial charge is 0.233 e. The average Bonchev–Trinajstić information content (AvgIpc) is 2.69. The lowest BCUT2D eigenvalue weighted by atomic mass is 9.95. The van der Waals surface area contributed by atoms with Gasteiger partial charge in [-0.15, -0.1) is 0 Å². The molecule has 5 nitrogen and oxygen atoms in total. The number of nitrogens with zero attached hydrogens (tertiary/aromatic N) is 2. The zero-order chi connectivity index (χ0) is 19.2. The fourth-order valence-electron chi connectivity index (χ4n) is 3.16. The van der Waals surface area contributed by atoms with Gasteiger partial charge < -0.3 is 14.4 Å². The molecule has 0 saturated heterocycles. The highest BCUT2D eigenvalue weighted by atomic mass is 35.5. The van der Waals surface area contributed by atoms with Crippen molar-refractivity contribution in [2.75, 3.05) is 24.7 Å². The number of ether oxygens (including phenoxy) is 2. The van der Waals surface area contributed by atoms with Gasteiger partial charge in [-0.25, -0.2) is 0 Å². The number of anilines is 1. The van der Waals surface area contributed by atoms with Crippen LogP contribution in [-0.4, -0.2) is 25.7 Å². The van der Waals surface area contributed by atoms with Gasteiger partial charge in [-0.1, -0.05) is 11.6 Å². The molecule has 0 spiro atoms. The molecule has 0 radical (unpaired) electrons. The van der Waals surface area contributed by atoms with E-state index >= 15 is 0 Å². The van der Waals surface area contributed by atoms with Crippen LogP contribution in [0.2, 0.25) is 5.02 Å². The van der Waals surface area contributed by atoms with Gasteiger partial charge >= 0.3 is 0 Å². The topological polar surface area (TPSA) is 62.6 Å². The van der Waals surface area contributed by atoms with Crippen molar-refractivity contribution >= 4 is 23.2 Å². The standard InChI is InChI=1S/C21H21ClN2O3/c1-2-26-19-7-5-18(6-8-19)24(11-3-10-23)21(25)16-12-15-13-17(22)4-9-20(15)27-14-16/h4-9,13,16H,2-3,11-12,14H2,1H3. The Bertz CT molecular complexity index is 845. The molecule has 2 aromatic rings. The molecule has 140 valence electrons. The Kier molecular flexibility index (Phi) is 6.20. The minimum Gasteiger partial charge on any atom is -0.494 e. The van der Waals surface area contributed by atoms with Gasteiger partial charge in [0.2, 0.25) is 5.91 Å². The van der Waals surface area contributed by atoms with Gasteiger partial charge in [-0.2, -0.15) is 5.26 Å². The molecule has 0 saturated carbocycles. The number of carbonyl (C=O) groups excluding carboxylic acids is 1. The van der Waals surface area contributed by atoms with E-state index in [9.17, 15) is 4.79 Å². The monoisotopic (exact) mass is 384 g/mol. The fraction of sp³-hybridized carbons (Fsp3) is 0.333. The fourth-order valence-corrected chi connectivity index (χ4v) is 3.35. The molecule has 1 amide bonds. The zero-order valence-electron chi connectivity index (χ0n) is 15.2. The summed E-state index contributed by atoms with van der Waals surface area (Å²) in [5.74, 6) is 1.15. The van der Waals surface area contributed by atoms with Crippen molar-refractivity contribution in [2.24, 2.45) is 5.92 Å². The number of carbonyl (C=O) groups is 1. The molecule has 1 unspecified atom stereocenters. The third-order valence-corrected chi connectivity index (χ3v) is 4.69. The van der Waals surface area contributed by atoms with Crippen molar-refractivity contribution < 1.29 is 14.3 Å². The van der Waals surface area contributed by atoms with Gasteiger partial charge in [0.1, 0.15) is 18.1 Å². The van der Waals surface area contributed by atoms with E-state index in [0.29, 0.717) is 31.2 Å². The molecule has 2 aromatic carbocycles. The second kappa shape index (κ2) is 8.79. The largest absolute Gasteiger partial charge is 0.494 e. The Morgan fingerprint density at radius 2 is 2.11 bits per heavy atom. The van der Waals surface area contributed by atoms with E-state index in [1.54, 1.807) is 11.0 Å². The predicted octanol–water partition coefficient (Wildman–Crippen LogP) is 4.24. The van der Waals surface area contributed by atoms with Crippen molar-refractivity contribution in [2.45, 2.75) is 19.8 Å². The van der Waals surface area contributed by atoms with Gasteiger partial charge in [-0.3, -0.25) is 4.79 Å². The summed E-state index contributed by atoms with van der Waals surface area (Å²) in [5.41, 5.74) is 1.68. The van der Waals surface area contributed by atoms with Crippen LogP contribution in [0.25, 0.3) is 0 Å². The molecule has 1 heterocycles. The summed E-state index contributed by atoms with van der Waals surface area (Å²) in [5, 5.41) is 9.61. The Balaban J connectivity index is 1.80. The summed E-state index contributed by atoms with van der Waals surface area (Å²) in [6.07, 6.45) is 0.823. The van der Waals surface area contributed by atoms with Crippen molar-refractivity contribution in [3.8, 4) is 17.6 Å². The van der Waals surface area contributed by atoms with Crippen LogP contribution in [0, 0.1) is 17.2 Å². The number of hydrogen-bond acceptors (Lipinski definition) is 4. The number of fused-ring (bicyclic) bond motifs is 1. The van der Waals surface area contributed by atoms with E-state index in [4.69, 9.17) is 26.3 Å². The molecule has 0 bridgehead atoms. The molecule has 0 fully saturated rings. The minimum atomic E-state index is -0.318. The maximum atomic E-state index is 13.2. The number of rotatable bonds is 6. The van der Waals surface area contributed by atoms with Crippen molar-refractivity contribution in [3.05, 3.63) is 53.1 Å². The molecule has 6 heteroatoms. The SMILES string of the molecule is CCOc1ccc(N(CCC#N)C(=O)C2COc3ccc(Cl)cc3C2)cc1. The second-order valence-electron chi connectivity index (χ2n) is 6.29. The summed E-state index contributed by atoms with van der Waals surface area (Å²) in [6.45, 7) is 3.15.